The molecule has 0 spiro atoms. The van der Waals surface area contributed by atoms with E-state index >= 15 is 0 Å². The van der Waals surface area contributed by atoms with Crippen LogP contribution in [0, 0.1) is 12.3 Å². The molecular weight excluding hydrogens is 326 g/mol. The molecule has 1 fully saturated rings. The van der Waals surface area contributed by atoms with Crippen molar-refractivity contribution in [3.05, 3.63) is 23.3 Å². The minimum Gasteiger partial charge on any atom is -0.425 e. The summed E-state index contributed by atoms with van der Waals surface area (Å²) >= 11 is 1.35. The molecule has 130 valence electrons. The molecule has 2 rings (SSSR count). The van der Waals surface area contributed by atoms with E-state index in [-0.39, 0.29) is 18.3 Å². The van der Waals surface area contributed by atoms with E-state index in [1.807, 2.05) is 0 Å². The van der Waals surface area contributed by atoms with Crippen LogP contribution in [0.3, 0.4) is 0 Å². The number of terminal acetylenes is 1. The summed E-state index contributed by atoms with van der Waals surface area (Å²) < 4.78 is 10.3. The Morgan fingerprint density at radius 1 is 1.42 bits per heavy atom. The van der Waals surface area contributed by atoms with Gasteiger partial charge in [0.1, 0.15) is 0 Å². The quantitative estimate of drug-likeness (QED) is 0.419. The maximum Gasteiger partial charge on any atom is 0.414 e. The molecule has 0 saturated heterocycles. The van der Waals surface area contributed by atoms with E-state index < -0.39 is 18.4 Å². The predicted octanol–water partition coefficient (Wildman–Crippen LogP) is 3.12. The van der Waals surface area contributed by atoms with Crippen LogP contribution in [0.25, 0.3) is 0 Å². The van der Waals surface area contributed by atoms with Crippen molar-refractivity contribution >= 4 is 23.8 Å². The number of hydrogen-bond acceptors (Lipinski definition) is 5. The highest BCUT2D eigenvalue weighted by atomic mass is 32.2. The second-order valence-corrected chi connectivity index (χ2v) is 6.59. The first-order valence-corrected chi connectivity index (χ1v) is 9.44. The summed E-state index contributed by atoms with van der Waals surface area (Å²) in [7, 11) is 0. The number of rotatable bonds is 6. The molecule has 0 aliphatic heterocycles. The standard InChI is InChI=1S/C18H23NO4S/c1-4-11-19(16-10-9-14-7-5-6-8-15(14)16)18(21)23-13(2)22-17(20)12-24-3/h1,7-8,13,16H,5-6,9-12H2,2-3H3. The molecule has 0 N–H and O–H groups in total. The average Bonchev–Trinajstić information content (AvgIpc) is 2.96. The summed E-state index contributed by atoms with van der Waals surface area (Å²) in [6.07, 6.45) is 14.0. The lowest BCUT2D eigenvalue weighted by Gasteiger charge is -2.29. The lowest BCUT2D eigenvalue weighted by atomic mass is 9.98. The third-order valence-electron chi connectivity index (χ3n) is 4.04. The van der Waals surface area contributed by atoms with Gasteiger partial charge in [0.25, 0.3) is 0 Å². The van der Waals surface area contributed by atoms with Crippen LogP contribution in [-0.2, 0) is 14.3 Å². The van der Waals surface area contributed by atoms with E-state index in [0.717, 1.165) is 25.7 Å². The molecule has 1 saturated carbocycles. The monoisotopic (exact) mass is 349 g/mol. The van der Waals surface area contributed by atoms with Crippen LogP contribution in [0.4, 0.5) is 4.79 Å². The van der Waals surface area contributed by atoms with Crippen LogP contribution in [0.15, 0.2) is 23.3 Å². The topological polar surface area (TPSA) is 55.8 Å². The Bertz CT molecular complexity index is 590. The number of ether oxygens (including phenoxy) is 2. The molecule has 0 bridgehead atoms. The molecule has 1 amide bonds. The van der Waals surface area contributed by atoms with Crippen molar-refractivity contribution in [3.8, 4) is 12.3 Å². The van der Waals surface area contributed by atoms with Crippen molar-refractivity contribution in [1.29, 1.82) is 0 Å². The largest absolute Gasteiger partial charge is 0.425 e. The van der Waals surface area contributed by atoms with E-state index in [2.05, 4.69) is 18.1 Å². The van der Waals surface area contributed by atoms with E-state index in [1.165, 1.54) is 29.8 Å². The van der Waals surface area contributed by atoms with E-state index in [4.69, 9.17) is 15.9 Å². The third-order valence-corrected chi connectivity index (χ3v) is 4.56. The second-order valence-electron chi connectivity index (χ2n) is 5.73. The average molecular weight is 349 g/mol. The fourth-order valence-electron chi connectivity index (χ4n) is 3.08. The number of carbonyl (C=O) groups excluding carboxylic acids is 2. The molecule has 0 radical (unpaired) electrons. The summed E-state index contributed by atoms with van der Waals surface area (Å²) in [5.74, 6) is 2.33. The van der Waals surface area contributed by atoms with Crippen molar-refractivity contribution in [2.45, 2.75) is 44.9 Å². The zero-order valence-corrected chi connectivity index (χ0v) is 14.9. The van der Waals surface area contributed by atoms with Crippen LogP contribution in [0.2, 0.25) is 0 Å². The van der Waals surface area contributed by atoms with Crippen molar-refractivity contribution in [2.75, 3.05) is 18.6 Å². The normalized spacial score (nSPS) is 20.1. The molecule has 0 aromatic heterocycles. The van der Waals surface area contributed by atoms with Crippen LogP contribution in [0.1, 0.15) is 32.6 Å². The van der Waals surface area contributed by atoms with Gasteiger partial charge in [-0.1, -0.05) is 18.1 Å². The second kappa shape index (κ2) is 8.84. The van der Waals surface area contributed by atoms with Crippen molar-refractivity contribution in [3.63, 3.8) is 0 Å². The Labute approximate surface area is 147 Å². The van der Waals surface area contributed by atoms with Crippen LogP contribution in [0.5, 0.6) is 0 Å². The third kappa shape index (κ3) is 4.57. The van der Waals surface area contributed by atoms with Gasteiger partial charge in [0.15, 0.2) is 0 Å². The Morgan fingerprint density at radius 2 is 2.17 bits per heavy atom. The van der Waals surface area contributed by atoms with Gasteiger partial charge >= 0.3 is 12.1 Å². The first-order valence-electron chi connectivity index (χ1n) is 8.05. The lowest BCUT2D eigenvalue weighted by molar-refractivity contribution is -0.162. The van der Waals surface area contributed by atoms with Crippen LogP contribution in [-0.4, -0.2) is 47.8 Å². The smallest absolute Gasteiger partial charge is 0.414 e. The van der Waals surface area contributed by atoms with Crippen molar-refractivity contribution < 1.29 is 19.1 Å². The number of nitrogens with zero attached hydrogens (tertiary/aromatic N) is 1. The fourth-order valence-corrected chi connectivity index (χ4v) is 3.39. The molecule has 2 unspecified atom stereocenters. The number of hydrogen-bond donors (Lipinski definition) is 0. The highest BCUT2D eigenvalue weighted by Crippen LogP contribution is 2.37. The SMILES string of the molecule is C#CCN(C(=O)OC(C)OC(=O)CSC)C1CCC2=CCCC=C21. The van der Waals surface area contributed by atoms with Crippen molar-refractivity contribution in [2.24, 2.45) is 0 Å². The number of allylic oxidation sites excluding steroid dienone is 2. The Balaban J connectivity index is 2.01. The number of esters is 1. The van der Waals surface area contributed by atoms with Gasteiger partial charge in [-0.05, 0) is 43.1 Å². The van der Waals surface area contributed by atoms with Gasteiger partial charge in [-0.25, -0.2) is 4.79 Å². The highest BCUT2D eigenvalue weighted by molar-refractivity contribution is 7.99. The van der Waals surface area contributed by atoms with Gasteiger partial charge in [0.05, 0.1) is 18.3 Å². The lowest BCUT2D eigenvalue weighted by Crippen LogP contribution is -2.42. The molecule has 6 heteroatoms. The first kappa shape index (κ1) is 18.5. The molecule has 2 aliphatic carbocycles. The molecule has 2 atom stereocenters. The van der Waals surface area contributed by atoms with Crippen LogP contribution < -0.4 is 0 Å². The summed E-state index contributed by atoms with van der Waals surface area (Å²) in [5, 5.41) is 0. The number of amides is 1. The molecular formula is C18H23NO4S. The molecule has 2 aliphatic rings. The first-order chi connectivity index (χ1) is 11.6. The fraction of sp³-hybridized carbons (Fsp3) is 0.556. The Morgan fingerprint density at radius 3 is 2.88 bits per heavy atom. The predicted molar refractivity (Wildman–Crippen MR) is 94.4 cm³/mol. The minimum atomic E-state index is -0.936. The van der Waals surface area contributed by atoms with E-state index in [1.54, 1.807) is 11.2 Å². The van der Waals surface area contributed by atoms with E-state index in [9.17, 15) is 9.59 Å². The van der Waals surface area contributed by atoms with Gasteiger partial charge in [-0.15, -0.1) is 6.42 Å². The number of fused-ring (bicyclic) bond motifs is 1. The molecule has 0 heterocycles. The molecule has 5 nitrogen and oxygen atoms in total. The van der Waals surface area contributed by atoms with Gasteiger partial charge in [-0.2, -0.15) is 11.8 Å². The van der Waals surface area contributed by atoms with Gasteiger partial charge in [-0.3, -0.25) is 9.69 Å². The number of carbonyl (C=O) groups is 2. The highest BCUT2D eigenvalue weighted by Gasteiger charge is 2.35. The Hall–Kier alpha value is -1.87. The summed E-state index contributed by atoms with van der Waals surface area (Å²) in [4.78, 5) is 25.5. The maximum atomic E-state index is 12.5. The maximum absolute atomic E-state index is 12.5. The summed E-state index contributed by atoms with van der Waals surface area (Å²) in [5.41, 5.74) is 2.49. The number of thioether (sulfide) groups is 1. The Kier molecular flexibility index (Phi) is 6.80. The minimum absolute atomic E-state index is 0.0609. The molecule has 0 aromatic carbocycles. The van der Waals surface area contributed by atoms with Gasteiger partial charge in [0.2, 0.25) is 6.29 Å². The van der Waals surface area contributed by atoms with Gasteiger partial charge < -0.3 is 9.47 Å². The van der Waals surface area contributed by atoms with Crippen molar-refractivity contribution in [1.82, 2.24) is 4.90 Å². The van der Waals surface area contributed by atoms with Crippen LogP contribution >= 0.6 is 11.8 Å². The zero-order valence-electron chi connectivity index (χ0n) is 14.1. The van der Waals surface area contributed by atoms with E-state index in [0.29, 0.717) is 0 Å². The summed E-state index contributed by atoms with van der Waals surface area (Å²) in [6, 6.07) is -0.0609. The molecule has 24 heavy (non-hydrogen) atoms. The molecule has 0 aromatic rings. The van der Waals surface area contributed by atoms with Gasteiger partial charge in [0, 0.05) is 6.92 Å². The summed E-state index contributed by atoms with van der Waals surface area (Å²) in [6.45, 7) is 1.70. The zero-order chi connectivity index (χ0) is 17.5.